The third-order valence-corrected chi connectivity index (χ3v) is 3.60. The molecule has 2 N–H and O–H groups in total. The van der Waals surface area contributed by atoms with Crippen LogP contribution in [0.4, 0.5) is 0 Å². The largest absolute Gasteiger partial charge is 0.396 e. The molecule has 1 atom stereocenters. The van der Waals surface area contributed by atoms with Crippen molar-refractivity contribution >= 4 is 5.91 Å². The third kappa shape index (κ3) is 3.80. The number of amides is 1. The lowest BCUT2D eigenvalue weighted by atomic mass is 9.94. The van der Waals surface area contributed by atoms with Gasteiger partial charge in [0.15, 0.2) is 0 Å². The number of hydrogen-bond donors (Lipinski definition) is 2. The maximum atomic E-state index is 12.2. The molecule has 0 radical (unpaired) electrons. The Morgan fingerprint density at radius 2 is 2.21 bits per heavy atom. The topological polar surface area (TPSA) is 67.2 Å². The van der Waals surface area contributed by atoms with Gasteiger partial charge in [-0.3, -0.25) is 9.48 Å². The van der Waals surface area contributed by atoms with Gasteiger partial charge in [0.1, 0.15) is 5.69 Å². The number of aromatic nitrogens is 2. The Balaban J connectivity index is 2.86. The van der Waals surface area contributed by atoms with Crippen LogP contribution in [0.2, 0.25) is 0 Å². The van der Waals surface area contributed by atoms with Crippen LogP contribution in [-0.4, -0.2) is 32.9 Å². The summed E-state index contributed by atoms with van der Waals surface area (Å²) in [5, 5.41) is 16.3. The van der Waals surface area contributed by atoms with Gasteiger partial charge in [0.2, 0.25) is 0 Å². The monoisotopic (exact) mass is 267 g/mol. The molecular formula is C14H25N3O2. The van der Waals surface area contributed by atoms with E-state index in [0.717, 1.165) is 12.1 Å². The smallest absolute Gasteiger partial charge is 0.272 e. The van der Waals surface area contributed by atoms with Crippen LogP contribution in [0.1, 0.15) is 62.6 Å². The number of aryl methyl sites for hydroxylation is 1. The molecule has 0 aliphatic heterocycles. The van der Waals surface area contributed by atoms with E-state index in [1.807, 2.05) is 27.0 Å². The standard InChI is InChI=1S/C14H25N3O2/c1-6-14(4,7-8-18)15-13(19)11-9-12(10(2)3)17(5)16-11/h9-10,18H,6-8H2,1-5H3,(H,15,19). The Kier molecular flexibility index (Phi) is 5.11. The highest BCUT2D eigenvalue weighted by atomic mass is 16.3. The molecule has 1 unspecified atom stereocenters. The van der Waals surface area contributed by atoms with Crippen molar-refractivity contribution in [1.29, 1.82) is 0 Å². The van der Waals surface area contributed by atoms with Gasteiger partial charge in [-0.1, -0.05) is 20.8 Å². The van der Waals surface area contributed by atoms with Gasteiger partial charge >= 0.3 is 0 Å². The van der Waals surface area contributed by atoms with Gasteiger partial charge in [0.25, 0.3) is 5.91 Å². The maximum Gasteiger partial charge on any atom is 0.272 e. The van der Waals surface area contributed by atoms with Crippen LogP contribution in [0.3, 0.4) is 0 Å². The van der Waals surface area contributed by atoms with Crippen LogP contribution < -0.4 is 5.32 Å². The third-order valence-electron chi connectivity index (χ3n) is 3.60. The summed E-state index contributed by atoms with van der Waals surface area (Å²) in [6.45, 7) is 8.13. The molecule has 0 saturated carbocycles. The van der Waals surface area contributed by atoms with Gasteiger partial charge < -0.3 is 10.4 Å². The summed E-state index contributed by atoms with van der Waals surface area (Å²) in [6.07, 6.45) is 1.31. The SMILES string of the molecule is CCC(C)(CCO)NC(=O)c1cc(C(C)C)n(C)n1. The molecule has 5 nitrogen and oxygen atoms in total. The highest BCUT2D eigenvalue weighted by Gasteiger charge is 2.25. The maximum absolute atomic E-state index is 12.2. The van der Waals surface area contributed by atoms with E-state index in [1.54, 1.807) is 4.68 Å². The lowest BCUT2D eigenvalue weighted by molar-refractivity contribution is 0.0880. The number of nitrogens with zero attached hydrogens (tertiary/aromatic N) is 2. The zero-order valence-corrected chi connectivity index (χ0v) is 12.5. The second kappa shape index (κ2) is 6.19. The van der Waals surface area contributed by atoms with Gasteiger partial charge in [-0.15, -0.1) is 0 Å². The molecule has 0 aliphatic carbocycles. The Morgan fingerprint density at radius 3 is 2.63 bits per heavy atom. The fraction of sp³-hybridized carbons (Fsp3) is 0.714. The Morgan fingerprint density at radius 1 is 1.58 bits per heavy atom. The van der Waals surface area contributed by atoms with Crippen molar-refractivity contribution in [2.24, 2.45) is 7.05 Å². The molecule has 1 aromatic heterocycles. The minimum Gasteiger partial charge on any atom is -0.396 e. The molecule has 5 heteroatoms. The number of aliphatic hydroxyl groups is 1. The lowest BCUT2D eigenvalue weighted by Crippen LogP contribution is -2.46. The van der Waals surface area contributed by atoms with E-state index < -0.39 is 0 Å². The molecule has 0 fully saturated rings. The van der Waals surface area contributed by atoms with Crippen LogP contribution in [0.15, 0.2) is 6.07 Å². The van der Waals surface area contributed by atoms with Gasteiger partial charge in [-0.25, -0.2) is 0 Å². The van der Waals surface area contributed by atoms with E-state index in [-0.39, 0.29) is 18.1 Å². The van der Waals surface area contributed by atoms with Crippen molar-refractivity contribution in [2.75, 3.05) is 6.61 Å². The molecule has 1 amide bonds. The summed E-state index contributed by atoms with van der Waals surface area (Å²) in [7, 11) is 1.85. The number of nitrogens with one attached hydrogen (secondary N) is 1. The number of carbonyl (C=O) groups excluding carboxylic acids is 1. The molecule has 0 saturated heterocycles. The number of hydrogen-bond acceptors (Lipinski definition) is 3. The van der Waals surface area contributed by atoms with Gasteiger partial charge in [-0.2, -0.15) is 5.10 Å². The fourth-order valence-electron chi connectivity index (χ4n) is 2.05. The molecule has 1 heterocycles. The average molecular weight is 267 g/mol. The van der Waals surface area contributed by atoms with E-state index >= 15 is 0 Å². The summed E-state index contributed by atoms with van der Waals surface area (Å²) in [4.78, 5) is 12.2. The fourth-order valence-corrected chi connectivity index (χ4v) is 2.05. The summed E-state index contributed by atoms with van der Waals surface area (Å²) >= 11 is 0. The number of carbonyl (C=O) groups is 1. The molecular weight excluding hydrogens is 242 g/mol. The van der Waals surface area contributed by atoms with Crippen LogP contribution in [0.25, 0.3) is 0 Å². The van der Waals surface area contributed by atoms with Crippen LogP contribution in [0.5, 0.6) is 0 Å². The molecule has 1 aromatic rings. The number of aliphatic hydroxyl groups excluding tert-OH is 1. The second-order valence-corrected chi connectivity index (χ2v) is 5.57. The summed E-state index contributed by atoms with van der Waals surface area (Å²) < 4.78 is 1.74. The van der Waals surface area contributed by atoms with Gasteiger partial charge in [-0.05, 0) is 31.7 Å². The molecule has 108 valence electrons. The number of rotatable bonds is 6. The zero-order chi connectivity index (χ0) is 14.6. The molecule has 1 rings (SSSR count). The predicted molar refractivity (Wildman–Crippen MR) is 75.2 cm³/mol. The Hall–Kier alpha value is -1.36. The van der Waals surface area contributed by atoms with Crippen molar-refractivity contribution in [3.05, 3.63) is 17.5 Å². The summed E-state index contributed by atoms with van der Waals surface area (Å²) in [6, 6.07) is 1.83. The second-order valence-electron chi connectivity index (χ2n) is 5.57. The quantitative estimate of drug-likeness (QED) is 0.826. The van der Waals surface area contributed by atoms with Crippen LogP contribution >= 0.6 is 0 Å². The Bertz CT molecular complexity index is 440. The van der Waals surface area contributed by atoms with Gasteiger partial charge in [0.05, 0.1) is 0 Å². The average Bonchev–Trinajstić information content (AvgIpc) is 2.72. The predicted octanol–water partition coefficient (Wildman–Crippen LogP) is 1.82. The van der Waals surface area contributed by atoms with Crippen molar-refractivity contribution in [3.63, 3.8) is 0 Å². The van der Waals surface area contributed by atoms with E-state index in [0.29, 0.717) is 18.0 Å². The lowest BCUT2D eigenvalue weighted by Gasteiger charge is -2.28. The highest BCUT2D eigenvalue weighted by Crippen LogP contribution is 2.17. The van der Waals surface area contributed by atoms with E-state index in [2.05, 4.69) is 24.3 Å². The van der Waals surface area contributed by atoms with Crippen molar-refractivity contribution in [1.82, 2.24) is 15.1 Å². The first kappa shape index (κ1) is 15.7. The van der Waals surface area contributed by atoms with Crippen molar-refractivity contribution in [3.8, 4) is 0 Å². The molecule has 0 spiro atoms. The minimum absolute atomic E-state index is 0.0596. The van der Waals surface area contributed by atoms with Crippen molar-refractivity contribution in [2.45, 2.75) is 52.0 Å². The van der Waals surface area contributed by atoms with Crippen LogP contribution in [-0.2, 0) is 7.05 Å². The minimum atomic E-state index is -0.388. The van der Waals surface area contributed by atoms with Crippen molar-refractivity contribution < 1.29 is 9.90 Å². The Labute approximate surface area is 115 Å². The summed E-state index contributed by atoms with van der Waals surface area (Å²) in [5.41, 5.74) is 1.08. The first-order valence-electron chi connectivity index (χ1n) is 6.80. The van der Waals surface area contributed by atoms with E-state index in [4.69, 9.17) is 5.11 Å². The van der Waals surface area contributed by atoms with Crippen LogP contribution in [0, 0.1) is 0 Å². The first-order valence-corrected chi connectivity index (χ1v) is 6.80. The molecule has 19 heavy (non-hydrogen) atoms. The normalized spacial score (nSPS) is 14.5. The molecule has 0 bridgehead atoms. The molecule has 0 aliphatic rings. The van der Waals surface area contributed by atoms with Gasteiger partial charge in [0, 0.05) is 24.9 Å². The molecule has 0 aromatic carbocycles. The highest BCUT2D eigenvalue weighted by molar-refractivity contribution is 5.92. The summed E-state index contributed by atoms with van der Waals surface area (Å²) in [5.74, 6) is 0.148. The first-order chi connectivity index (χ1) is 8.83. The van der Waals surface area contributed by atoms with E-state index in [9.17, 15) is 4.79 Å². The van der Waals surface area contributed by atoms with E-state index in [1.165, 1.54) is 0 Å². The zero-order valence-electron chi connectivity index (χ0n) is 12.5.